The largest absolute Gasteiger partial charge is 0.390 e. The van der Waals surface area contributed by atoms with E-state index in [0.29, 0.717) is 12.5 Å². The Balaban J connectivity index is 1.51. The second-order valence-electron chi connectivity index (χ2n) is 6.13. The summed E-state index contributed by atoms with van der Waals surface area (Å²) >= 11 is 0. The Hall–Kier alpha value is -2.32. The molecule has 1 aliphatic heterocycles. The fourth-order valence-electron chi connectivity index (χ4n) is 3.12. The third-order valence-corrected chi connectivity index (χ3v) is 4.31. The highest BCUT2D eigenvalue weighted by Crippen LogP contribution is 2.27. The van der Waals surface area contributed by atoms with Gasteiger partial charge in [-0.15, -0.1) is 0 Å². The Morgan fingerprint density at radius 1 is 1.38 bits per heavy atom. The zero-order valence-corrected chi connectivity index (χ0v) is 13.1. The van der Waals surface area contributed by atoms with Gasteiger partial charge in [0.05, 0.1) is 17.6 Å². The quantitative estimate of drug-likeness (QED) is 0.643. The number of aromatic nitrogens is 2. The van der Waals surface area contributed by atoms with Gasteiger partial charge in [-0.2, -0.15) is 5.10 Å². The van der Waals surface area contributed by atoms with Crippen molar-refractivity contribution < 1.29 is 14.4 Å². The normalized spacial score (nSPS) is 19.5. The smallest absolute Gasteiger partial charge is 0.306 e. The second-order valence-corrected chi connectivity index (χ2v) is 6.13. The van der Waals surface area contributed by atoms with Crippen molar-refractivity contribution in [1.82, 2.24) is 14.7 Å². The molecule has 1 N–H and O–H groups in total. The minimum absolute atomic E-state index is 0.0836. The van der Waals surface area contributed by atoms with Crippen molar-refractivity contribution in [3.8, 4) is 0 Å². The van der Waals surface area contributed by atoms with E-state index in [1.807, 2.05) is 12.1 Å². The Kier molecular flexibility index (Phi) is 4.86. The highest BCUT2D eigenvalue weighted by Gasteiger charge is 2.25. The van der Waals surface area contributed by atoms with Gasteiger partial charge in [0.1, 0.15) is 18.2 Å². The molecule has 0 spiro atoms. The summed E-state index contributed by atoms with van der Waals surface area (Å²) in [5.41, 5.74) is 1.02. The third kappa shape index (κ3) is 3.95. The minimum atomic E-state index is -0.656. The number of nitro groups is 1. The van der Waals surface area contributed by atoms with Crippen LogP contribution in [-0.4, -0.2) is 50.4 Å². The fourth-order valence-corrected chi connectivity index (χ4v) is 3.12. The number of hydrogen-bond acceptors (Lipinski definition) is 5. The summed E-state index contributed by atoms with van der Waals surface area (Å²) in [6.07, 6.45) is 2.80. The first kappa shape index (κ1) is 16.5. The molecule has 3 rings (SSSR count). The van der Waals surface area contributed by atoms with Gasteiger partial charge in [0, 0.05) is 13.1 Å². The maximum atomic E-state index is 13.0. The van der Waals surface area contributed by atoms with Crippen LogP contribution in [0.2, 0.25) is 0 Å². The lowest BCUT2D eigenvalue weighted by Gasteiger charge is -2.20. The van der Waals surface area contributed by atoms with Crippen molar-refractivity contribution in [2.75, 3.05) is 19.6 Å². The van der Waals surface area contributed by atoms with Crippen LogP contribution in [0.1, 0.15) is 17.9 Å². The van der Waals surface area contributed by atoms with Crippen LogP contribution in [0.25, 0.3) is 0 Å². The summed E-state index contributed by atoms with van der Waals surface area (Å²) in [4.78, 5) is 12.3. The number of nitrogens with zero attached hydrogens (tertiary/aromatic N) is 4. The molecule has 2 heterocycles. The molecule has 1 aliphatic rings. The van der Waals surface area contributed by atoms with Crippen LogP contribution in [0.3, 0.4) is 0 Å². The van der Waals surface area contributed by atoms with Crippen LogP contribution in [-0.2, 0) is 6.54 Å². The van der Waals surface area contributed by atoms with E-state index < -0.39 is 11.0 Å². The van der Waals surface area contributed by atoms with Gasteiger partial charge in [-0.3, -0.25) is 14.8 Å². The SMILES string of the molecule is O=[N+]([O-])c1cnn(C[C@@H](O)CN2CC[C@H](c3ccc(F)cc3)C2)c1. The lowest BCUT2D eigenvalue weighted by molar-refractivity contribution is -0.385. The molecule has 0 bridgehead atoms. The Morgan fingerprint density at radius 3 is 2.79 bits per heavy atom. The number of benzene rings is 1. The molecule has 0 unspecified atom stereocenters. The first-order valence-electron chi connectivity index (χ1n) is 7.84. The molecule has 2 atom stereocenters. The average molecular weight is 334 g/mol. The van der Waals surface area contributed by atoms with Crippen molar-refractivity contribution >= 4 is 5.69 Å². The molecule has 2 aromatic rings. The molecule has 0 saturated carbocycles. The van der Waals surface area contributed by atoms with Crippen LogP contribution < -0.4 is 0 Å². The summed E-state index contributed by atoms with van der Waals surface area (Å²) in [6.45, 7) is 2.36. The Labute approximate surface area is 138 Å². The van der Waals surface area contributed by atoms with Crippen LogP contribution in [0, 0.1) is 15.9 Å². The van der Waals surface area contributed by atoms with Crippen molar-refractivity contribution in [2.45, 2.75) is 25.0 Å². The van der Waals surface area contributed by atoms with E-state index in [4.69, 9.17) is 0 Å². The standard InChI is InChI=1S/C16H19FN4O3/c17-14-3-1-12(2-4-14)13-5-6-19(8-13)10-16(22)11-20-9-15(7-18-20)21(23)24/h1-4,7,9,13,16,22H,5-6,8,10-11H2/t13-,16-/m0/s1. The highest BCUT2D eigenvalue weighted by molar-refractivity contribution is 5.22. The number of rotatable bonds is 6. The summed E-state index contributed by atoms with van der Waals surface area (Å²) in [6, 6.07) is 6.56. The lowest BCUT2D eigenvalue weighted by atomic mass is 9.99. The predicted molar refractivity (Wildman–Crippen MR) is 85.1 cm³/mol. The minimum Gasteiger partial charge on any atom is -0.390 e. The first-order valence-corrected chi connectivity index (χ1v) is 7.84. The first-order chi connectivity index (χ1) is 11.5. The topological polar surface area (TPSA) is 84.4 Å². The molecule has 1 aromatic carbocycles. The molecule has 8 heteroatoms. The van der Waals surface area contributed by atoms with Crippen LogP contribution in [0.5, 0.6) is 0 Å². The highest BCUT2D eigenvalue weighted by atomic mass is 19.1. The average Bonchev–Trinajstić information content (AvgIpc) is 3.17. The molecule has 7 nitrogen and oxygen atoms in total. The molecule has 1 aromatic heterocycles. The molecule has 24 heavy (non-hydrogen) atoms. The number of aliphatic hydroxyl groups is 1. The monoisotopic (exact) mass is 334 g/mol. The maximum Gasteiger partial charge on any atom is 0.306 e. The molecule has 0 aliphatic carbocycles. The van der Waals surface area contributed by atoms with E-state index in [9.17, 15) is 19.6 Å². The number of likely N-dealkylation sites (tertiary alicyclic amines) is 1. The number of aliphatic hydroxyl groups excluding tert-OH is 1. The lowest BCUT2D eigenvalue weighted by Crippen LogP contribution is -2.33. The number of halogens is 1. The maximum absolute atomic E-state index is 13.0. The van der Waals surface area contributed by atoms with Gasteiger partial charge in [-0.1, -0.05) is 12.1 Å². The summed E-state index contributed by atoms with van der Waals surface area (Å²) < 4.78 is 14.4. The molecule has 128 valence electrons. The van der Waals surface area contributed by atoms with Gasteiger partial charge < -0.3 is 10.0 Å². The van der Waals surface area contributed by atoms with E-state index >= 15 is 0 Å². The molecule has 0 radical (unpaired) electrons. The van der Waals surface area contributed by atoms with Gasteiger partial charge in [-0.05, 0) is 36.6 Å². The van der Waals surface area contributed by atoms with E-state index in [2.05, 4.69) is 10.00 Å². The second kappa shape index (κ2) is 7.06. The van der Waals surface area contributed by atoms with E-state index in [0.717, 1.165) is 25.1 Å². The summed E-state index contributed by atoms with van der Waals surface area (Å²) in [5, 5.41) is 24.7. The van der Waals surface area contributed by atoms with Gasteiger partial charge in [0.2, 0.25) is 0 Å². The zero-order chi connectivity index (χ0) is 17.1. The van der Waals surface area contributed by atoms with Crippen molar-refractivity contribution in [3.05, 3.63) is 58.2 Å². The molecule has 1 fully saturated rings. The molecule has 0 amide bonds. The van der Waals surface area contributed by atoms with E-state index in [1.165, 1.54) is 29.2 Å². The van der Waals surface area contributed by atoms with E-state index in [-0.39, 0.29) is 18.0 Å². The number of hydrogen-bond donors (Lipinski definition) is 1. The van der Waals surface area contributed by atoms with Crippen molar-refractivity contribution in [2.24, 2.45) is 0 Å². The van der Waals surface area contributed by atoms with E-state index in [1.54, 1.807) is 0 Å². The summed E-state index contributed by atoms with van der Waals surface area (Å²) in [7, 11) is 0. The molecule has 1 saturated heterocycles. The van der Waals surface area contributed by atoms with Gasteiger partial charge in [0.15, 0.2) is 0 Å². The van der Waals surface area contributed by atoms with Crippen molar-refractivity contribution in [3.63, 3.8) is 0 Å². The Morgan fingerprint density at radius 2 is 2.12 bits per heavy atom. The van der Waals surface area contributed by atoms with Gasteiger partial charge in [0.25, 0.3) is 0 Å². The molecular formula is C16H19FN4O3. The summed E-state index contributed by atoms with van der Waals surface area (Å²) in [5.74, 6) is 0.0981. The van der Waals surface area contributed by atoms with Crippen LogP contribution >= 0.6 is 0 Å². The number of β-amino-alcohol motifs (C(OH)–C–C–N with tert-alkyl or cyclic N) is 1. The Bertz CT molecular complexity index is 704. The van der Waals surface area contributed by atoms with Gasteiger partial charge in [-0.25, -0.2) is 4.39 Å². The predicted octanol–water partition coefficient (Wildman–Crippen LogP) is 1.78. The third-order valence-electron chi connectivity index (χ3n) is 4.31. The molecular weight excluding hydrogens is 315 g/mol. The van der Waals surface area contributed by atoms with Crippen LogP contribution in [0.4, 0.5) is 10.1 Å². The van der Waals surface area contributed by atoms with Crippen molar-refractivity contribution in [1.29, 1.82) is 0 Å². The zero-order valence-electron chi connectivity index (χ0n) is 13.1. The fraction of sp³-hybridized carbons (Fsp3) is 0.438. The van der Waals surface area contributed by atoms with Crippen LogP contribution in [0.15, 0.2) is 36.7 Å². The van der Waals surface area contributed by atoms with Gasteiger partial charge >= 0.3 is 5.69 Å².